The molecule has 2 aliphatic rings. The van der Waals surface area contributed by atoms with Crippen molar-refractivity contribution in [1.29, 1.82) is 0 Å². The second-order valence-electron chi connectivity index (χ2n) is 4.05. The highest BCUT2D eigenvalue weighted by molar-refractivity contribution is 4.84. The highest BCUT2D eigenvalue weighted by Gasteiger charge is 2.30. The Morgan fingerprint density at radius 1 is 1.50 bits per heavy atom. The van der Waals surface area contributed by atoms with E-state index in [9.17, 15) is 0 Å². The topological polar surface area (TPSA) is 21.7 Å². The Morgan fingerprint density at radius 3 is 3.14 bits per heavy atom. The number of likely N-dealkylation sites (tertiary alicyclic amines) is 1. The van der Waals surface area contributed by atoms with Crippen molar-refractivity contribution in [3.05, 3.63) is 12.7 Å². The zero-order valence-corrected chi connectivity index (χ0v) is 8.65. The maximum Gasteiger partial charge on any atom is 0.0718 e. The normalized spacial score (nSPS) is 33.7. The predicted octanol–water partition coefficient (Wildman–Crippen LogP) is 1.05. The summed E-state index contributed by atoms with van der Waals surface area (Å²) >= 11 is 0. The van der Waals surface area contributed by atoms with Gasteiger partial charge in [0.05, 0.1) is 19.3 Å². The lowest BCUT2D eigenvalue weighted by atomic mass is 10.2. The van der Waals surface area contributed by atoms with E-state index in [0.29, 0.717) is 18.8 Å². The van der Waals surface area contributed by atoms with Gasteiger partial charge in [-0.25, -0.2) is 0 Å². The molecule has 1 unspecified atom stereocenters. The van der Waals surface area contributed by atoms with E-state index in [2.05, 4.69) is 11.5 Å². The third-order valence-corrected chi connectivity index (χ3v) is 3.05. The van der Waals surface area contributed by atoms with E-state index < -0.39 is 0 Å². The fourth-order valence-corrected chi connectivity index (χ4v) is 2.24. The molecule has 2 rings (SSSR count). The maximum absolute atomic E-state index is 5.64. The molecular weight excluding hydrogens is 178 g/mol. The molecule has 2 fully saturated rings. The van der Waals surface area contributed by atoms with Crippen molar-refractivity contribution in [1.82, 2.24) is 4.90 Å². The zero-order valence-electron chi connectivity index (χ0n) is 8.65. The van der Waals surface area contributed by atoms with Crippen molar-refractivity contribution in [3.8, 4) is 0 Å². The van der Waals surface area contributed by atoms with Crippen molar-refractivity contribution in [2.45, 2.75) is 25.0 Å². The Labute approximate surface area is 85.7 Å². The van der Waals surface area contributed by atoms with Crippen molar-refractivity contribution in [3.63, 3.8) is 0 Å². The molecule has 0 amide bonds. The minimum Gasteiger partial charge on any atom is -0.380 e. The largest absolute Gasteiger partial charge is 0.380 e. The Bertz CT molecular complexity index is 190. The fraction of sp³-hybridized carbons (Fsp3) is 0.818. The lowest BCUT2D eigenvalue weighted by Gasteiger charge is -2.21. The van der Waals surface area contributed by atoms with Crippen molar-refractivity contribution in [2.75, 3.05) is 32.9 Å². The van der Waals surface area contributed by atoms with Gasteiger partial charge in [0.25, 0.3) is 0 Å². The summed E-state index contributed by atoms with van der Waals surface area (Å²) in [4.78, 5) is 2.50. The summed E-state index contributed by atoms with van der Waals surface area (Å²) < 4.78 is 11.0. The van der Waals surface area contributed by atoms with E-state index in [0.717, 1.165) is 32.7 Å². The van der Waals surface area contributed by atoms with Gasteiger partial charge < -0.3 is 9.47 Å². The number of hydrogen-bond donors (Lipinski definition) is 0. The van der Waals surface area contributed by atoms with Crippen molar-refractivity contribution in [2.24, 2.45) is 0 Å². The molecule has 2 heterocycles. The Balaban J connectivity index is 1.73. The van der Waals surface area contributed by atoms with Gasteiger partial charge in [0.15, 0.2) is 0 Å². The van der Waals surface area contributed by atoms with E-state index in [1.807, 2.05) is 6.08 Å². The summed E-state index contributed by atoms with van der Waals surface area (Å²) in [7, 11) is 0. The molecule has 0 aromatic carbocycles. The van der Waals surface area contributed by atoms with Gasteiger partial charge in [0, 0.05) is 25.7 Å². The lowest BCUT2D eigenvalue weighted by molar-refractivity contribution is 0.0732. The van der Waals surface area contributed by atoms with Crippen LogP contribution in [0.4, 0.5) is 0 Å². The van der Waals surface area contributed by atoms with Crippen LogP contribution in [0.5, 0.6) is 0 Å². The van der Waals surface area contributed by atoms with Crippen LogP contribution in [0, 0.1) is 0 Å². The monoisotopic (exact) mass is 197 g/mol. The van der Waals surface area contributed by atoms with Gasteiger partial charge >= 0.3 is 0 Å². The molecule has 0 bridgehead atoms. The van der Waals surface area contributed by atoms with E-state index in [1.54, 1.807) is 0 Å². The smallest absolute Gasteiger partial charge is 0.0718 e. The molecule has 2 atom stereocenters. The Hall–Kier alpha value is -0.380. The molecule has 2 aliphatic heterocycles. The van der Waals surface area contributed by atoms with Crippen LogP contribution in [-0.2, 0) is 9.47 Å². The molecule has 0 saturated carbocycles. The quantitative estimate of drug-likeness (QED) is 0.629. The van der Waals surface area contributed by atoms with Gasteiger partial charge in [-0.1, -0.05) is 6.08 Å². The molecule has 2 saturated heterocycles. The van der Waals surface area contributed by atoms with Crippen LogP contribution in [0.2, 0.25) is 0 Å². The minimum absolute atomic E-state index is 0.411. The average molecular weight is 197 g/mol. The van der Waals surface area contributed by atoms with Crippen molar-refractivity contribution >= 4 is 0 Å². The second-order valence-corrected chi connectivity index (χ2v) is 4.05. The maximum atomic E-state index is 5.64. The Kier molecular flexibility index (Phi) is 3.56. The van der Waals surface area contributed by atoms with Gasteiger partial charge in [0.2, 0.25) is 0 Å². The second kappa shape index (κ2) is 4.91. The number of hydrogen-bond acceptors (Lipinski definition) is 3. The molecule has 80 valence electrons. The van der Waals surface area contributed by atoms with Crippen LogP contribution in [0.25, 0.3) is 0 Å². The summed E-state index contributed by atoms with van der Waals surface area (Å²) in [5, 5.41) is 0. The molecule has 0 aliphatic carbocycles. The van der Waals surface area contributed by atoms with Crippen LogP contribution in [0.15, 0.2) is 12.7 Å². The first-order chi connectivity index (χ1) is 6.90. The number of nitrogens with zero attached hydrogens (tertiary/aromatic N) is 1. The summed E-state index contributed by atoms with van der Waals surface area (Å²) in [6, 6.07) is 0.646. The Morgan fingerprint density at radius 2 is 2.43 bits per heavy atom. The van der Waals surface area contributed by atoms with Crippen LogP contribution in [-0.4, -0.2) is 50.0 Å². The predicted molar refractivity (Wildman–Crippen MR) is 55.4 cm³/mol. The highest BCUT2D eigenvalue weighted by atomic mass is 16.5. The lowest BCUT2D eigenvalue weighted by Crippen LogP contribution is -2.34. The van der Waals surface area contributed by atoms with Crippen LogP contribution >= 0.6 is 0 Å². The average Bonchev–Trinajstić information content (AvgIpc) is 2.85. The van der Waals surface area contributed by atoms with Crippen molar-refractivity contribution < 1.29 is 9.47 Å². The summed E-state index contributed by atoms with van der Waals surface area (Å²) in [6.07, 6.45) is 4.58. The third kappa shape index (κ3) is 2.35. The minimum atomic E-state index is 0.411. The molecule has 0 radical (unpaired) electrons. The first kappa shape index (κ1) is 10.1. The van der Waals surface area contributed by atoms with Crippen LogP contribution < -0.4 is 0 Å². The van der Waals surface area contributed by atoms with E-state index >= 15 is 0 Å². The molecular formula is C11H19NO2. The van der Waals surface area contributed by atoms with Gasteiger partial charge in [-0.05, 0) is 12.8 Å². The van der Waals surface area contributed by atoms with Gasteiger partial charge in [-0.2, -0.15) is 0 Å². The summed E-state index contributed by atoms with van der Waals surface area (Å²) in [5.74, 6) is 0. The molecule has 0 aromatic rings. The van der Waals surface area contributed by atoms with Crippen LogP contribution in [0.1, 0.15) is 12.8 Å². The zero-order chi connectivity index (χ0) is 9.80. The van der Waals surface area contributed by atoms with E-state index in [-0.39, 0.29) is 0 Å². The fourth-order valence-electron chi connectivity index (χ4n) is 2.24. The number of rotatable bonds is 4. The summed E-state index contributed by atoms with van der Waals surface area (Å²) in [6.45, 7) is 8.41. The van der Waals surface area contributed by atoms with E-state index in [1.165, 1.54) is 6.42 Å². The molecule has 0 aromatic heterocycles. The summed E-state index contributed by atoms with van der Waals surface area (Å²) in [5.41, 5.74) is 0. The molecule has 14 heavy (non-hydrogen) atoms. The van der Waals surface area contributed by atoms with Gasteiger partial charge in [-0.3, -0.25) is 4.90 Å². The van der Waals surface area contributed by atoms with E-state index in [4.69, 9.17) is 9.47 Å². The first-order valence-corrected chi connectivity index (χ1v) is 5.44. The molecule has 0 N–H and O–H groups in total. The van der Waals surface area contributed by atoms with Gasteiger partial charge in [-0.15, -0.1) is 6.58 Å². The van der Waals surface area contributed by atoms with Gasteiger partial charge in [0.1, 0.15) is 0 Å². The number of ether oxygens (including phenoxy) is 2. The molecule has 3 nitrogen and oxygen atoms in total. The third-order valence-electron chi connectivity index (χ3n) is 3.05. The van der Waals surface area contributed by atoms with Crippen LogP contribution in [0.3, 0.4) is 0 Å². The molecule has 0 spiro atoms. The highest BCUT2D eigenvalue weighted by Crippen LogP contribution is 2.20. The standard InChI is InChI=1S/C11H19NO2/c1-2-6-14-11-3-5-12(8-11)10-4-7-13-9-10/h2,10-11H,1,3-9H2/t10?,11-/m1/s1. The SMILES string of the molecule is C=CCO[C@@H]1CCN(C2CCOC2)C1. The first-order valence-electron chi connectivity index (χ1n) is 5.44. The molecule has 3 heteroatoms.